The highest BCUT2D eigenvalue weighted by Gasteiger charge is 2.29. The average molecular weight is 294 g/mol. The molecule has 0 bridgehead atoms. The number of carbonyl (C=O) groups is 1. The molecule has 7 heteroatoms. The number of hydrogen-bond acceptors (Lipinski definition) is 5. The largest absolute Gasteiger partial charge is 0.483 e. The van der Waals surface area contributed by atoms with Gasteiger partial charge >= 0.3 is 0 Å². The standard InChI is InChI=1S/C14H19FN4O2/c1-9-12(8-16-9)21-11-5-4-10(17-13(11)15)14(20)18-19-6-2-3-7-19/h4-5,9,12,16H,2-3,6-8H2,1H3,(H,18,20)/t9-,12+/m1/s1. The van der Waals surface area contributed by atoms with E-state index < -0.39 is 5.95 Å². The second-order valence-electron chi connectivity index (χ2n) is 5.47. The average Bonchev–Trinajstić information content (AvgIpc) is 2.97. The summed E-state index contributed by atoms with van der Waals surface area (Å²) in [6, 6.07) is 3.15. The van der Waals surface area contributed by atoms with Crippen LogP contribution in [-0.4, -0.2) is 47.7 Å². The minimum atomic E-state index is -0.747. The van der Waals surface area contributed by atoms with Gasteiger partial charge in [0.05, 0.1) is 0 Å². The maximum absolute atomic E-state index is 13.9. The molecule has 114 valence electrons. The Morgan fingerprint density at radius 1 is 1.48 bits per heavy atom. The predicted molar refractivity (Wildman–Crippen MR) is 74.3 cm³/mol. The molecule has 21 heavy (non-hydrogen) atoms. The van der Waals surface area contributed by atoms with Gasteiger partial charge in [-0.3, -0.25) is 10.2 Å². The number of ether oxygens (including phenoxy) is 1. The van der Waals surface area contributed by atoms with Crippen LogP contribution in [0.2, 0.25) is 0 Å². The van der Waals surface area contributed by atoms with Crippen molar-refractivity contribution in [3.63, 3.8) is 0 Å². The molecule has 2 aliphatic rings. The first-order valence-electron chi connectivity index (χ1n) is 7.26. The minimum absolute atomic E-state index is 0.0504. The van der Waals surface area contributed by atoms with Crippen molar-refractivity contribution >= 4 is 5.91 Å². The van der Waals surface area contributed by atoms with Crippen LogP contribution in [0, 0.1) is 5.95 Å². The Morgan fingerprint density at radius 3 is 2.81 bits per heavy atom. The van der Waals surface area contributed by atoms with Crippen LogP contribution in [0.3, 0.4) is 0 Å². The number of aromatic nitrogens is 1. The molecule has 2 fully saturated rings. The molecule has 6 nitrogen and oxygen atoms in total. The SMILES string of the molecule is C[C@H]1NC[C@@H]1Oc1ccc(C(=O)NN2CCCC2)nc1F. The number of amides is 1. The first-order valence-corrected chi connectivity index (χ1v) is 7.26. The molecular formula is C14H19FN4O2. The Labute approximate surface area is 122 Å². The monoisotopic (exact) mass is 294 g/mol. The van der Waals surface area contributed by atoms with E-state index in [0.717, 1.165) is 25.9 Å². The summed E-state index contributed by atoms with van der Waals surface area (Å²) in [4.78, 5) is 15.7. The van der Waals surface area contributed by atoms with E-state index in [0.29, 0.717) is 6.54 Å². The maximum Gasteiger partial charge on any atom is 0.284 e. The molecule has 2 saturated heterocycles. The van der Waals surface area contributed by atoms with E-state index in [9.17, 15) is 9.18 Å². The van der Waals surface area contributed by atoms with E-state index in [1.54, 1.807) is 0 Å². The van der Waals surface area contributed by atoms with Crippen LogP contribution < -0.4 is 15.5 Å². The van der Waals surface area contributed by atoms with Gasteiger partial charge in [-0.2, -0.15) is 4.39 Å². The van der Waals surface area contributed by atoms with Gasteiger partial charge in [0.25, 0.3) is 11.9 Å². The third-order valence-corrected chi connectivity index (χ3v) is 3.89. The Morgan fingerprint density at radius 2 is 2.24 bits per heavy atom. The van der Waals surface area contributed by atoms with Gasteiger partial charge in [0.15, 0.2) is 5.75 Å². The molecule has 1 amide bonds. The summed E-state index contributed by atoms with van der Waals surface area (Å²) in [5.74, 6) is -1.05. The summed E-state index contributed by atoms with van der Waals surface area (Å²) in [7, 11) is 0. The molecule has 2 aliphatic heterocycles. The molecule has 0 saturated carbocycles. The van der Waals surface area contributed by atoms with Gasteiger partial charge in [-0.05, 0) is 31.9 Å². The lowest BCUT2D eigenvalue weighted by Crippen LogP contribution is -2.58. The highest BCUT2D eigenvalue weighted by atomic mass is 19.1. The number of halogens is 1. The summed E-state index contributed by atoms with van der Waals surface area (Å²) in [6.07, 6.45) is 2.07. The molecular weight excluding hydrogens is 275 g/mol. The molecule has 0 aliphatic carbocycles. The maximum atomic E-state index is 13.9. The molecule has 2 N–H and O–H groups in total. The fraction of sp³-hybridized carbons (Fsp3) is 0.571. The second kappa shape index (κ2) is 5.95. The summed E-state index contributed by atoms with van der Waals surface area (Å²) in [5.41, 5.74) is 2.79. The van der Waals surface area contributed by atoms with Crippen LogP contribution in [0.1, 0.15) is 30.3 Å². The first kappa shape index (κ1) is 14.2. The van der Waals surface area contributed by atoms with Crippen LogP contribution in [0.5, 0.6) is 5.75 Å². The summed E-state index contributed by atoms with van der Waals surface area (Å²) in [6.45, 7) is 4.30. The van der Waals surface area contributed by atoms with Crippen molar-refractivity contribution in [3.8, 4) is 5.75 Å². The van der Waals surface area contributed by atoms with E-state index in [1.807, 2.05) is 11.9 Å². The van der Waals surface area contributed by atoms with Gasteiger partial charge < -0.3 is 10.1 Å². The van der Waals surface area contributed by atoms with Crippen molar-refractivity contribution in [3.05, 3.63) is 23.8 Å². The Kier molecular flexibility index (Phi) is 4.03. The molecule has 0 unspecified atom stereocenters. The van der Waals surface area contributed by atoms with Crippen LogP contribution in [0.4, 0.5) is 4.39 Å². The van der Waals surface area contributed by atoms with E-state index in [-0.39, 0.29) is 29.5 Å². The number of carbonyl (C=O) groups excluding carboxylic acids is 1. The Hall–Kier alpha value is -1.73. The molecule has 0 radical (unpaired) electrons. The molecule has 2 atom stereocenters. The number of hydrogen-bond donors (Lipinski definition) is 2. The van der Waals surface area contributed by atoms with Gasteiger partial charge in [-0.25, -0.2) is 9.99 Å². The minimum Gasteiger partial charge on any atom is -0.483 e. The van der Waals surface area contributed by atoms with Gasteiger partial charge in [0.2, 0.25) is 0 Å². The number of nitrogens with zero attached hydrogens (tertiary/aromatic N) is 2. The van der Waals surface area contributed by atoms with Crippen LogP contribution in [-0.2, 0) is 0 Å². The normalized spacial score (nSPS) is 25.4. The molecule has 3 rings (SSSR count). The number of hydrazine groups is 1. The zero-order valence-corrected chi connectivity index (χ0v) is 11.9. The summed E-state index contributed by atoms with van der Waals surface area (Å²) < 4.78 is 19.4. The molecule has 0 aromatic carbocycles. The quantitative estimate of drug-likeness (QED) is 0.800. The van der Waals surface area contributed by atoms with Crippen LogP contribution >= 0.6 is 0 Å². The Bertz CT molecular complexity index is 534. The third kappa shape index (κ3) is 3.14. The van der Waals surface area contributed by atoms with E-state index in [4.69, 9.17) is 4.74 Å². The van der Waals surface area contributed by atoms with Crippen LogP contribution in [0.15, 0.2) is 12.1 Å². The fourth-order valence-electron chi connectivity index (χ4n) is 2.42. The number of pyridine rings is 1. The van der Waals surface area contributed by atoms with E-state index >= 15 is 0 Å². The van der Waals surface area contributed by atoms with Crippen molar-refractivity contribution in [2.45, 2.75) is 31.9 Å². The smallest absolute Gasteiger partial charge is 0.284 e. The molecule has 0 spiro atoms. The molecule has 1 aromatic rings. The lowest BCUT2D eigenvalue weighted by molar-refractivity contribution is 0.0812. The predicted octanol–water partition coefficient (Wildman–Crippen LogP) is 0.700. The van der Waals surface area contributed by atoms with Crippen molar-refractivity contribution in [1.82, 2.24) is 20.7 Å². The van der Waals surface area contributed by atoms with Crippen molar-refractivity contribution in [2.75, 3.05) is 19.6 Å². The third-order valence-electron chi connectivity index (χ3n) is 3.89. The molecule has 3 heterocycles. The summed E-state index contributed by atoms with van der Waals surface area (Å²) >= 11 is 0. The summed E-state index contributed by atoms with van der Waals surface area (Å²) in [5, 5.41) is 4.96. The number of nitrogens with one attached hydrogen (secondary N) is 2. The molecule has 1 aromatic heterocycles. The van der Waals surface area contributed by atoms with Crippen LogP contribution in [0.25, 0.3) is 0 Å². The van der Waals surface area contributed by atoms with Crippen molar-refractivity contribution < 1.29 is 13.9 Å². The van der Waals surface area contributed by atoms with Crippen molar-refractivity contribution in [1.29, 1.82) is 0 Å². The first-order chi connectivity index (χ1) is 10.1. The lowest BCUT2D eigenvalue weighted by atomic mass is 10.1. The number of rotatable bonds is 4. The van der Waals surface area contributed by atoms with Gasteiger partial charge in [-0.1, -0.05) is 0 Å². The Balaban J connectivity index is 1.63. The second-order valence-corrected chi connectivity index (χ2v) is 5.47. The lowest BCUT2D eigenvalue weighted by Gasteiger charge is -2.35. The highest BCUT2D eigenvalue weighted by molar-refractivity contribution is 5.91. The topological polar surface area (TPSA) is 66.5 Å². The van der Waals surface area contributed by atoms with E-state index in [2.05, 4.69) is 15.7 Å². The highest BCUT2D eigenvalue weighted by Crippen LogP contribution is 2.20. The van der Waals surface area contributed by atoms with Gasteiger partial charge in [-0.15, -0.1) is 0 Å². The fourth-order valence-corrected chi connectivity index (χ4v) is 2.42. The van der Waals surface area contributed by atoms with Gasteiger partial charge in [0, 0.05) is 25.7 Å². The zero-order valence-electron chi connectivity index (χ0n) is 11.9. The zero-order chi connectivity index (χ0) is 14.8. The van der Waals surface area contributed by atoms with Crippen molar-refractivity contribution in [2.24, 2.45) is 0 Å². The van der Waals surface area contributed by atoms with E-state index in [1.165, 1.54) is 12.1 Å². The van der Waals surface area contributed by atoms with Gasteiger partial charge in [0.1, 0.15) is 11.8 Å².